The molecule has 4 heteroatoms. The maximum absolute atomic E-state index is 11.2. The van der Waals surface area contributed by atoms with Gasteiger partial charge in [0.15, 0.2) is 0 Å². The quantitative estimate of drug-likeness (QED) is 0.925. The summed E-state index contributed by atoms with van der Waals surface area (Å²) < 4.78 is 6.00. The number of aliphatic carboxylic acids is 1. The van der Waals surface area contributed by atoms with Crippen LogP contribution in [0, 0.1) is 5.92 Å². The molecule has 0 amide bonds. The lowest BCUT2D eigenvalue weighted by Gasteiger charge is -2.13. The molecule has 0 aliphatic heterocycles. The highest BCUT2D eigenvalue weighted by molar-refractivity contribution is 9.10. The molecule has 2 rings (SSSR count). The average Bonchev–Trinajstić information content (AvgIpc) is 3.00. The van der Waals surface area contributed by atoms with Gasteiger partial charge in [0.2, 0.25) is 0 Å². The number of hydrogen-bond donors (Lipinski definition) is 1. The number of methoxy groups -OCH3 is 1. The van der Waals surface area contributed by atoms with Gasteiger partial charge in [0, 0.05) is 4.47 Å². The first-order valence-electron chi connectivity index (χ1n) is 5.19. The lowest BCUT2D eigenvalue weighted by atomic mass is 9.94. The van der Waals surface area contributed by atoms with E-state index < -0.39 is 11.9 Å². The van der Waals surface area contributed by atoms with Gasteiger partial charge >= 0.3 is 5.97 Å². The third-order valence-corrected chi connectivity index (χ3v) is 3.31. The number of carboxylic acids is 1. The molecule has 3 nitrogen and oxygen atoms in total. The van der Waals surface area contributed by atoms with Gasteiger partial charge in [-0.3, -0.25) is 4.79 Å². The van der Waals surface area contributed by atoms with E-state index in [0.717, 1.165) is 22.9 Å². The summed E-state index contributed by atoms with van der Waals surface area (Å²) in [5.41, 5.74) is 0.821. The van der Waals surface area contributed by atoms with Gasteiger partial charge in [-0.05, 0) is 42.5 Å². The molecule has 1 atom stereocenters. The summed E-state index contributed by atoms with van der Waals surface area (Å²) in [4.78, 5) is 11.2. The highest BCUT2D eigenvalue weighted by Crippen LogP contribution is 2.44. The predicted octanol–water partition coefficient (Wildman–Crippen LogP) is 3.04. The van der Waals surface area contributed by atoms with Crippen LogP contribution >= 0.6 is 15.9 Å². The lowest BCUT2D eigenvalue weighted by Crippen LogP contribution is -2.13. The standard InChI is InChI=1S/C12H13BrO3/c1-16-10-5-8(4-9(13)6-10)11(12(14)15)7-2-3-7/h4-7,11H,2-3H2,1H3,(H,14,15). The van der Waals surface area contributed by atoms with Crippen LogP contribution in [0.1, 0.15) is 24.3 Å². The van der Waals surface area contributed by atoms with Crippen LogP contribution in [0.15, 0.2) is 22.7 Å². The third-order valence-electron chi connectivity index (χ3n) is 2.85. The lowest BCUT2D eigenvalue weighted by molar-refractivity contribution is -0.139. The molecule has 0 heterocycles. The molecule has 0 radical (unpaired) electrons. The Hall–Kier alpha value is -1.03. The van der Waals surface area contributed by atoms with E-state index in [1.165, 1.54) is 0 Å². The highest BCUT2D eigenvalue weighted by atomic mass is 79.9. The zero-order valence-corrected chi connectivity index (χ0v) is 10.5. The van der Waals surface area contributed by atoms with E-state index in [4.69, 9.17) is 4.74 Å². The Labute approximate surface area is 103 Å². The number of carbonyl (C=O) groups is 1. The summed E-state index contributed by atoms with van der Waals surface area (Å²) in [5, 5.41) is 9.24. The van der Waals surface area contributed by atoms with Crippen molar-refractivity contribution < 1.29 is 14.6 Å². The van der Waals surface area contributed by atoms with Crippen LogP contribution in [0.3, 0.4) is 0 Å². The van der Waals surface area contributed by atoms with E-state index in [2.05, 4.69) is 15.9 Å². The van der Waals surface area contributed by atoms with Gasteiger partial charge in [-0.2, -0.15) is 0 Å². The van der Waals surface area contributed by atoms with Gasteiger partial charge in [-0.1, -0.05) is 15.9 Å². The van der Waals surface area contributed by atoms with Crippen molar-refractivity contribution >= 4 is 21.9 Å². The third kappa shape index (κ3) is 2.38. The molecule has 1 aliphatic carbocycles. The molecule has 0 spiro atoms. The Balaban J connectivity index is 2.36. The van der Waals surface area contributed by atoms with E-state index in [1.807, 2.05) is 18.2 Å². The number of rotatable bonds is 4. The first-order chi connectivity index (χ1) is 7.61. The Morgan fingerprint density at radius 2 is 2.19 bits per heavy atom. The van der Waals surface area contributed by atoms with E-state index >= 15 is 0 Å². The molecule has 1 aromatic rings. The molecule has 1 unspecified atom stereocenters. The van der Waals surface area contributed by atoms with Crippen LogP contribution in [-0.4, -0.2) is 18.2 Å². The predicted molar refractivity (Wildman–Crippen MR) is 63.8 cm³/mol. The highest BCUT2D eigenvalue weighted by Gasteiger charge is 2.37. The second-order valence-electron chi connectivity index (χ2n) is 4.08. The zero-order valence-electron chi connectivity index (χ0n) is 8.94. The fourth-order valence-corrected chi connectivity index (χ4v) is 2.42. The molecule has 0 saturated heterocycles. The minimum atomic E-state index is -0.748. The minimum Gasteiger partial charge on any atom is -0.497 e. The molecular formula is C12H13BrO3. The van der Waals surface area contributed by atoms with Gasteiger partial charge in [0.05, 0.1) is 13.0 Å². The van der Waals surface area contributed by atoms with Crippen LogP contribution in [0.2, 0.25) is 0 Å². The first-order valence-corrected chi connectivity index (χ1v) is 5.98. The van der Waals surface area contributed by atoms with Gasteiger partial charge < -0.3 is 9.84 Å². The Morgan fingerprint density at radius 1 is 1.50 bits per heavy atom. The largest absolute Gasteiger partial charge is 0.497 e. The van der Waals surface area contributed by atoms with E-state index in [9.17, 15) is 9.90 Å². The number of benzene rings is 1. The maximum atomic E-state index is 11.2. The summed E-state index contributed by atoms with van der Waals surface area (Å²) in [6.45, 7) is 0. The normalized spacial score (nSPS) is 16.9. The molecular weight excluding hydrogens is 272 g/mol. The molecule has 86 valence electrons. The summed E-state index contributed by atoms with van der Waals surface area (Å²) in [5.74, 6) is -0.165. The van der Waals surface area contributed by atoms with Crippen molar-refractivity contribution in [3.63, 3.8) is 0 Å². The van der Waals surface area contributed by atoms with Crippen molar-refractivity contribution in [3.8, 4) is 5.75 Å². The smallest absolute Gasteiger partial charge is 0.311 e. The Morgan fingerprint density at radius 3 is 2.69 bits per heavy atom. The summed E-state index contributed by atoms with van der Waals surface area (Å²) in [6.07, 6.45) is 2.01. The number of carboxylic acid groups (broad SMARTS) is 1. The summed E-state index contributed by atoms with van der Waals surface area (Å²) in [6, 6.07) is 5.50. The topological polar surface area (TPSA) is 46.5 Å². The van der Waals surface area contributed by atoms with Crippen LogP contribution in [0.4, 0.5) is 0 Å². The zero-order chi connectivity index (χ0) is 11.7. The molecule has 1 aromatic carbocycles. The van der Waals surface area contributed by atoms with E-state index in [-0.39, 0.29) is 5.92 Å². The summed E-state index contributed by atoms with van der Waals surface area (Å²) >= 11 is 3.37. The van der Waals surface area contributed by atoms with Crippen LogP contribution in [0.5, 0.6) is 5.75 Å². The molecule has 1 fully saturated rings. The van der Waals surface area contributed by atoms with Gasteiger partial charge in [0.1, 0.15) is 5.75 Å². The SMILES string of the molecule is COc1cc(Br)cc(C(C(=O)O)C2CC2)c1. The monoisotopic (exact) mass is 284 g/mol. The molecule has 1 aliphatic rings. The van der Waals surface area contributed by atoms with E-state index in [1.54, 1.807) is 7.11 Å². The minimum absolute atomic E-state index is 0.288. The Bertz CT molecular complexity index is 413. The van der Waals surface area contributed by atoms with Gasteiger partial charge in [0.25, 0.3) is 0 Å². The first kappa shape index (κ1) is 11.5. The fraction of sp³-hybridized carbons (Fsp3) is 0.417. The molecule has 16 heavy (non-hydrogen) atoms. The second-order valence-corrected chi connectivity index (χ2v) is 4.99. The molecule has 1 saturated carbocycles. The molecule has 1 N–H and O–H groups in total. The van der Waals surface area contributed by atoms with Crippen molar-refractivity contribution in [2.24, 2.45) is 5.92 Å². The molecule has 0 bridgehead atoms. The number of halogens is 1. The van der Waals surface area contributed by atoms with Crippen LogP contribution < -0.4 is 4.74 Å². The number of ether oxygens (including phenoxy) is 1. The molecule has 0 aromatic heterocycles. The van der Waals surface area contributed by atoms with Crippen molar-refractivity contribution in [3.05, 3.63) is 28.2 Å². The maximum Gasteiger partial charge on any atom is 0.311 e. The summed E-state index contributed by atoms with van der Waals surface area (Å²) in [7, 11) is 1.58. The average molecular weight is 285 g/mol. The van der Waals surface area contributed by atoms with Crippen molar-refractivity contribution in [1.82, 2.24) is 0 Å². The van der Waals surface area contributed by atoms with E-state index in [0.29, 0.717) is 5.75 Å². The second kappa shape index (κ2) is 4.45. The van der Waals surface area contributed by atoms with Crippen LogP contribution in [0.25, 0.3) is 0 Å². The fourth-order valence-electron chi connectivity index (χ4n) is 1.93. The van der Waals surface area contributed by atoms with Crippen molar-refractivity contribution in [1.29, 1.82) is 0 Å². The van der Waals surface area contributed by atoms with Gasteiger partial charge in [-0.15, -0.1) is 0 Å². The van der Waals surface area contributed by atoms with Gasteiger partial charge in [-0.25, -0.2) is 0 Å². The number of hydrogen-bond acceptors (Lipinski definition) is 2. The van der Waals surface area contributed by atoms with Crippen LogP contribution in [-0.2, 0) is 4.79 Å². The Kier molecular flexibility index (Phi) is 3.19. The van der Waals surface area contributed by atoms with Crippen molar-refractivity contribution in [2.75, 3.05) is 7.11 Å². The van der Waals surface area contributed by atoms with Crippen molar-refractivity contribution in [2.45, 2.75) is 18.8 Å².